The third-order valence-electron chi connectivity index (χ3n) is 2.19. The fourth-order valence-corrected chi connectivity index (χ4v) is 1.36. The average molecular weight is 214 g/mol. The van der Waals surface area contributed by atoms with Gasteiger partial charge in [-0.2, -0.15) is 0 Å². The molecule has 1 aromatic carbocycles. The maximum absolute atomic E-state index is 10.6. The summed E-state index contributed by atoms with van der Waals surface area (Å²) in [4.78, 5) is 18.5. The van der Waals surface area contributed by atoms with Gasteiger partial charge < -0.3 is 4.74 Å². The lowest BCUT2D eigenvalue weighted by Gasteiger charge is -2.02. The molecule has 0 saturated heterocycles. The lowest BCUT2D eigenvalue weighted by Crippen LogP contribution is -1.91. The molecule has 4 heteroatoms. The van der Waals surface area contributed by atoms with Crippen LogP contribution in [0.15, 0.2) is 36.7 Å². The summed E-state index contributed by atoms with van der Waals surface area (Å²) in [5.74, 6) is 0.786. The van der Waals surface area contributed by atoms with E-state index in [0.29, 0.717) is 12.0 Å². The highest BCUT2D eigenvalue weighted by Gasteiger charge is 2.01. The Balaban J connectivity index is 2.38. The van der Waals surface area contributed by atoms with Crippen LogP contribution in [0, 0.1) is 0 Å². The Morgan fingerprint density at radius 3 is 2.56 bits per heavy atom. The van der Waals surface area contributed by atoms with Gasteiger partial charge in [-0.3, -0.25) is 4.79 Å². The summed E-state index contributed by atoms with van der Waals surface area (Å²) in [6.07, 6.45) is 2.08. The number of methoxy groups -OCH3 is 1. The van der Waals surface area contributed by atoms with Crippen LogP contribution in [0.1, 0.15) is 10.5 Å². The molecule has 4 nitrogen and oxygen atoms in total. The monoisotopic (exact) mass is 214 g/mol. The predicted molar refractivity (Wildman–Crippen MR) is 59.4 cm³/mol. The van der Waals surface area contributed by atoms with E-state index in [0.717, 1.165) is 17.0 Å². The smallest absolute Gasteiger partial charge is 0.168 e. The molecule has 0 fully saturated rings. The van der Waals surface area contributed by atoms with Crippen molar-refractivity contribution in [2.75, 3.05) is 7.11 Å². The van der Waals surface area contributed by atoms with Crippen LogP contribution in [0.3, 0.4) is 0 Å². The second-order valence-corrected chi connectivity index (χ2v) is 3.17. The van der Waals surface area contributed by atoms with Crippen LogP contribution in [0.2, 0.25) is 0 Å². The molecule has 0 amide bonds. The van der Waals surface area contributed by atoms with Crippen LogP contribution in [-0.4, -0.2) is 23.4 Å². The summed E-state index contributed by atoms with van der Waals surface area (Å²) in [5, 5.41) is 0. The zero-order valence-corrected chi connectivity index (χ0v) is 8.75. The highest BCUT2D eigenvalue weighted by Crippen LogP contribution is 2.20. The minimum Gasteiger partial charge on any atom is -0.497 e. The zero-order chi connectivity index (χ0) is 11.4. The van der Waals surface area contributed by atoms with Gasteiger partial charge in [-0.15, -0.1) is 0 Å². The highest BCUT2D eigenvalue weighted by molar-refractivity contribution is 5.74. The zero-order valence-electron chi connectivity index (χ0n) is 8.75. The number of nitrogens with zero attached hydrogens (tertiary/aromatic N) is 2. The molecular weight excluding hydrogens is 204 g/mol. The lowest BCUT2D eigenvalue weighted by molar-refractivity contribution is 0.111. The lowest BCUT2D eigenvalue weighted by atomic mass is 10.1. The Bertz CT molecular complexity index is 495. The summed E-state index contributed by atoms with van der Waals surface area (Å²) in [5.41, 5.74) is 2.02. The highest BCUT2D eigenvalue weighted by atomic mass is 16.5. The first-order valence-electron chi connectivity index (χ1n) is 4.75. The second kappa shape index (κ2) is 4.53. The maximum atomic E-state index is 10.6. The van der Waals surface area contributed by atoms with Crippen molar-refractivity contribution in [1.29, 1.82) is 0 Å². The van der Waals surface area contributed by atoms with E-state index in [4.69, 9.17) is 4.74 Å². The molecule has 2 rings (SSSR count). The van der Waals surface area contributed by atoms with Gasteiger partial charge in [-0.25, -0.2) is 9.97 Å². The van der Waals surface area contributed by atoms with E-state index >= 15 is 0 Å². The van der Waals surface area contributed by atoms with Crippen molar-refractivity contribution in [2.45, 2.75) is 0 Å². The molecule has 1 heterocycles. The van der Waals surface area contributed by atoms with E-state index < -0.39 is 0 Å². The number of aromatic nitrogens is 2. The standard InChI is InChI=1S/C12H10N2O2/c1-16-11-4-2-9(3-5-11)12-6-10(7-15)13-8-14-12/h2-8H,1H3. The number of rotatable bonds is 3. The molecule has 2 aromatic rings. The van der Waals surface area contributed by atoms with Gasteiger partial charge in [-0.1, -0.05) is 0 Å². The Morgan fingerprint density at radius 1 is 1.19 bits per heavy atom. The SMILES string of the molecule is COc1ccc(-c2cc(C=O)ncn2)cc1. The van der Waals surface area contributed by atoms with Gasteiger partial charge >= 0.3 is 0 Å². The van der Waals surface area contributed by atoms with Crippen LogP contribution in [0.4, 0.5) is 0 Å². The van der Waals surface area contributed by atoms with Crippen LogP contribution in [0.25, 0.3) is 11.3 Å². The summed E-state index contributed by atoms with van der Waals surface area (Å²) >= 11 is 0. The second-order valence-electron chi connectivity index (χ2n) is 3.17. The van der Waals surface area contributed by atoms with Crippen molar-refractivity contribution in [3.8, 4) is 17.0 Å². The van der Waals surface area contributed by atoms with Crippen molar-refractivity contribution < 1.29 is 9.53 Å². The van der Waals surface area contributed by atoms with Crippen molar-refractivity contribution >= 4 is 6.29 Å². The first kappa shape index (κ1) is 10.3. The molecule has 0 unspecified atom stereocenters. The third-order valence-corrected chi connectivity index (χ3v) is 2.19. The summed E-state index contributed by atoms with van der Waals surface area (Å²) in [6.45, 7) is 0. The topological polar surface area (TPSA) is 52.1 Å². The van der Waals surface area contributed by atoms with E-state index in [1.54, 1.807) is 13.2 Å². The minimum atomic E-state index is 0.376. The minimum absolute atomic E-state index is 0.376. The third kappa shape index (κ3) is 2.06. The number of aldehydes is 1. The molecule has 0 bridgehead atoms. The van der Waals surface area contributed by atoms with E-state index in [-0.39, 0.29) is 0 Å². The fraction of sp³-hybridized carbons (Fsp3) is 0.0833. The normalized spacial score (nSPS) is 9.81. The van der Waals surface area contributed by atoms with Crippen molar-refractivity contribution in [1.82, 2.24) is 9.97 Å². The largest absolute Gasteiger partial charge is 0.497 e. The van der Waals surface area contributed by atoms with Gasteiger partial charge in [0, 0.05) is 5.56 Å². The first-order valence-corrected chi connectivity index (χ1v) is 4.75. The first-order chi connectivity index (χ1) is 7.83. The van der Waals surface area contributed by atoms with Crippen LogP contribution in [-0.2, 0) is 0 Å². The van der Waals surface area contributed by atoms with Gasteiger partial charge in [0.2, 0.25) is 0 Å². The summed E-state index contributed by atoms with van der Waals surface area (Å²) in [7, 11) is 1.62. The van der Waals surface area contributed by atoms with Crippen molar-refractivity contribution in [2.24, 2.45) is 0 Å². The predicted octanol–water partition coefficient (Wildman–Crippen LogP) is 1.96. The Kier molecular flexibility index (Phi) is 2.91. The quantitative estimate of drug-likeness (QED) is 0.733. The van der Waals surface area contributed by atoms with E-state index in [9.17, 15) is 4.79 Å². The number of hydrogen-bond acceptors (Lipinski definition) is 4. The molecule has 0 aliphatic carbocycles. The fourth-order valence-electron chi connectivity index (χ4n) is 1.36. The molecule has 0 N–H and O–H groups in total. The Hall–Kier alpha value is -2.23. The van der Waals surface area contributed by atoms with E-state index in [1.165, 1.54) is 6.33 Å². The van der Waals surface area contributed by atoms with Crippen LogP contribution in [0.5, 0.6) is 5.75 Å². The molecular formula is C12H10N2O2. The molecule has 16 heavy (non-hydrogen) atoms. The van der Waals surface area contributed by atoms with Gasteiger partial charge in [0.15, 0.2) is 6.29 Å². The average Bonchev–Trinajstić information content (AvgIpc) is 2.39. The van der Waals surface area contributed by atoms with E-state index in [2.05, 4.69) is 9.97 Å². The van der Waals surface area contributed by atoms with Gasteiger partial charge in [-0.05, 0) is 30.3 Å². The molecule has 80 valence electrons. The van der Waals surface area contributed by atoms with Gasteiger partial charge in [0.25, 0.3) is 0 Å². The van der Waals surface area contributed by atoms with E-state index in [1.807, 2.05) is 24.3 Å². The molecule has 0 atom stereocenters. The molecule has 0 aliphatic heterocycles. The summed E-state index contributed by atoms with van der Waals surface area (Å²) in [6, 6.07) is 9.11. The molecule has 1 aromatic heterocycles. The van der Waals surface area contributed by atoms with Crippen LogP contribution >= 0.6 is 0 Å². The van der Waals surface area contributed by atoms with Gasteiger partial charge in [0.1, 0.15) is 17.8 Å². The molecule has 0 spiro atoms. The number of benzene rings is 1. The van der Waals surface area contributed by atoms with Crippen LogP contribution < -0.4 is 4.74 Å². The Labute approximate surface area is 92.9 Å². The number of ether oxygens (including phenoxy) is 1. The number of carbonyl (C=O) groups is 1. The molecule has 0 aliphatic rings. The van der Waals surface area contributed by atoms with Crippen molar-refractivity contribution in [3.63, 3.8) is 0 Å². The molecule has 0 saturated carbocycles. The Morgan fingerprint density at radius 2 is 1.94 bits per heavy atom. The molecule has 0 radical (unpaired) electrons. The number of carbonyl (C=O) groups excluding carboxylic acids is 1. The van der Waals surface area contributed by atoms with Crippen molar-refractivity contribution in [3.05, 3.63) is 42.4 Å². The summed E-state index contributed by atoms with van der Waals surface area (Å²) < 4.78 is 5.06. The number of hydrogen-bond donors (Lipinski definition) is 0. The maximum Gasteiger partial charge on any atom is 0.168 e. The van der Waals surface area contributed by atoms with Gasteiger partial charge in [0.05, 0.1) is 12.8 Å².